The van der Waals surface area contributed by atoms with Crippen molar-refractivity contribution < 1.29 is 27.8 Å². The van der Waals surface area contributed by atoms with Crippen LogP contribution in [0.25, 0.3) is 10.4 Å². The van der Waals surface area contributed by atoms with Gasteiger partial charge in [0.05, 0.1) is 15.4 Å². The maximum atomic E-state index is 13.0. The van der Waals surface area contributed by atoms with Crippen LogP contribution < -0.4 is 4.90 Å². The number of ether oxygens (including phenoxy) is 1. The Bertz CT molecular complexity index is 729. The van der Waals surface area contributed by atoms with Gasteiger partial charge in [0.2, 0.25) is 0 Å². The van der Waals surface area contributed by atoms with E-state index in [-0.39, 0.29) is 12.1 Å². The molecule has 2 atom stereocenters. The van der Waals surface area contributed by atoms with E-state index >= 15 is 0 Å². The Balaban J connectivity index is 3.93. The molecule has 0 heterocycles. The number of azide groups is 1. The third-order valence-electron chi connectivity index (χ3n) is 3.40. The van der Waals surface area contributed by atoms with Crippen LogP contribution in [-0.2, 0) is 10.9 Å². The van der Waals surface area contributed by atoms with Crippen molar-refractivity contribution in [3.63, 3.8) is 0 Å². The molecule has 2 unspecified atom stereocenters. The van der Waals surface area contributed by atoms with Crippen molar-refractivity contribution in [2.45, 2.75) is 32.4 Å². The fourth-order valence-electron chi connectivity index (χ4n) is 2.23. The molecule has 1 aromatic rings. The number of hydrogen-bond acceptors (Lipinski definition) is 7. The molecule has 0 amide bonds. The summed E-state index contributed by atoms with van der Waals surface area (Å²) in [5, 5.41) is 25.9. The fourth-order valence-corrected chi connectivity index (χ4v) is 2.23. The van der Waals surface area contributed by atoms with Crippen LogP contribution in [0.4, 0.5) is 30.2 Å². The maximum Gasteiger partial charge on any atom is 0.416 e. The molecule has 14 heteroatoms. The van der Waals surface area contributed by atoms with Gasteiger partial charge in [0.25, 0.3) is 11.4 Å². The Morgan fingerprint density at radius 2 is 1.69 bits per heavy atom. The Morgan fingerprint density at radius 1 is 1.23 bits per heavy atom. The predicted octanol–water partition coefficient (Wildman–Crippen LogP) is 3.98. The van der Waals surface area contributed by atoms with Crippen molar-refractivity contribution in [1.29, 1.82) is 0 Å². The van der Waals surface area contributed by atoms with Crippen molar-refractivity contribution in [2.24, 2.45) is 5.11 Å². The minimum absolute atomic E-state index is 0.181. The fraction of sp³-hybridized carbons (Fsp3) is 0.500. The average Bonchev–Trinajstić information content (AvgIpc) is 2.53. The van der Waals surface area contributed by atoms with Crippen molar-refractivity contribution in [3.05, 3.63) is 48.4 Å². The number of hydrogen-bond donors (Lipinski definition) is 0. The van der Waals surface area contributed by atoms with Gasteiger partial charge >= 0.3 is 6.18 Å². The zero-order valence-electron chi connectivity index (χ0n) is 13.7. The highest BCUT2D eigenvalue weighted by Crippen LogP contribution is 2.44. The second-order valence-corrected chi connectivity index (χ2v) is 4.95. The number of methoxy groups -OCH3 is 1. The molecular formula is C12H13F3N6O5. The van der Waals surface area contributed by atoms with E-state index in [1.54, 1.807) is 0 Å². The number of rotatable bonds is 7. The predicted molar refractivity (Wildman–Crippen MR) is 82.3 cm³/mol. The summed E-state index contributed by atoms with van der Waals surface area (Å²) in [7, 11) is 1.17. The van der Waals surface area contributed by atoms with Crippen LogP contribution in [0.2, 0.25) is 0 Å². The monoisotopic (exact) mass is 378 g/mol. The summed E-state index contributed by atoms with van der Waals surface area (Å²) >= 11 is 0. The molecule has 11 nitrogen and oxygen atoms in total. The minimum atomic E-state index is -5.04. The zero-order valence-corrected chi connectivity index (χ0v) is 13.7. The first-order valence-electron chi connectivity index (χ1n) is 6.85. The summed E-state index contributed by atoms with van der Waals surface area (Å²) in [6, 6.07) is 0.362. The lowest BCUT2D eigenvalue weighted by molar-refractivity contribution is -0.393. The summed E-state index contributed by atoms with van der Waals surface area (Å²) in [6.45, 7) is 2.58. The van der Waals surface area contributed by atoms with Crippen LogP contribution in [0.3, 0.4) is 0 Å². The van der Waals surface area contributed by atoms with Crippen LogP contribution in [0, 0.1) is 20.2 Å². The van der Waals surface area contributed by atoms with Gasteiger partial charge in [-0.25, -0.2) is 0 Å². The van der Waals surface area contributed by atoms with E-state index in [9.17, 15) is 33.4 Å². The molecule has 0 aromatic heterocycles. The first-order valence-corrected chi connectivity index (χ1v) is 6.85. The van der Waals surface area contributed by atoms with E-state index in [4.69, 9.17) is 10.3 Å². The lowest BCUT2D eigenvalue weighted by atomic mass is 10.1. The van der Waals surface area contributed by atoms with Gasteiger partial charge in [0.1, 0.15) is 12.4 Å². The molecule has 0 aliphatic heterocycles. The molecule has 142 valence electrons. The Hall–Kier alpha value is -3.12. The third-order valence-corrected chi connectivity index (χ3v) is 3.40. The molecule has 0 fully saturated rings. The summed E-state index contributed by atoms with van der Waals surface area (Å²) in [4.78, 5) is 23.6. The number of nitro benzene ring substituents is 2. The van der Waals surface area contributed by atoms with E-state index in [0.29, 0.717) is 0 Å². The van der Waals surface area contributed by atoms with E-state index in [1.807, 2.05) is 0 Å². The highest BCUT2D eigenvalue weighted by molar-refractivity contribution is 5.77. The molecule has 0 N–H and O–H groups in total. The van der Waals surface area contributed by atoms with Gasteiger partial charge < -0.3 is 9.64 Å². The number of benzene rings is 1. The normalized spacial score (nSPS) is 13.5. The molecule has 0 radical (unpaired) electrons. The minimum Gasteiger partial charge on any atom is -0.362 e. The Kier molecular flexibility index (Phi) is 6.31. The first kappa shape index (κ1) is 20.9. The lowest BCUT2D eigenvalue weighted by Gasteiger charge is -2.32. The number of nitro groups is 2. The number of anilines is 1. The summed E-state index contributed by atoms with van der Waals surface area (Å²) in [6.07, 6.45) is -7.36. The van der Waals surface area contributed by atoms with E-state index in [1.165, 1.54) is 21.0 Å². The lowest BCUT2D eigenvalue weighted by Crippen LogP contribution is -2.41. The topological polar surface area (TPSA) is 148 Å². The van der Waals surface area contributed by atoms with Gasteiger partial charge in [0.15, 0.2) is 5.69 Å². The molecule has 0 saturated heterocycles. The van der Waals surface area contributed by atoms with Gasteiger partial charge in [-0.05, 0) is 19.4 Å². The molecule has 1 aromatic carbocycles. The molecule has 0 saturated carbocycles. The smallest absolute Gasteiger partial charge is 0.362 e. The summed E-state index contributed by atoms with van der Waals surface area (Å²) < 4.78 is 43.9. The van der Waals surface area contributed by atoms with Gasteiger partial charge in [-0.2, -0.15) is 13.2 Å². The van der Waals surface area contributed by atoms with E-state index in [2.05, 4.69) is 10.0 Å². The van der Waals surface area contributed by atoms with E-state index in [0.717, 1.165) is 4.90 Å². The second kappa shape index (κ2) is 7.84. The Labute approximate surface area is 143 Å². The quantitative estimate of drug-likeness (QED) is 0.175. The van der Waals surface area contributed by atoms with Gasteiger partial charge in [0, 0.05) is 24.2 Å². The molecule has 0 bridgehead atoms. The van der Waals surface area contributed by atoms with E-state index < -0.39 is 51.0 Å². The molecular weight excluding hydrogens is 365 g/mol. The number of alkyl halides is 3. The standard InChI is InChI=1S/C12H13F3N6O5/c1-6(17-18-16)19(7(2)26-3)11-9(20(22)23)4-8(12(13,14)15)5-10(11)21(24)25/h4-7H,1-3H3. The highest BCUT2D eigenvalue weighted by Gasteiger charge is 2.41. The molecule has 0 aliphatic rings. The van der Waals surface area contributed by atoms with Crippen molar-refractivity contribution in [3.8, 4) is 0 Å². The maximum absolute atomic E-state index is 13.0. The van der Waals surface area contributed by atoms with Crippen LogP contribution in [-0.4, -0.2) is 29.4 Å². The SMILES string of the molecule is COC(C)N(c1c([N+](=O)[O-])cc(C(F)(F)F)cc1[N+](=O)[O-])C(C)N=[N+]=[N-]. The molecule has 0 spiro atoms. The van der Waals surface area contributed by atoms with Crippen molar-refractivity contribution in [1.82, 2.24) is 0 Å². The van der Waals surface area contributed by atoms with Gasteiger partial charge in [-0.1, -0.05) is 5.11 Å². The largest absolute Gasteiger partial charge is 0.416 e. The van der Waals surface area contributed by atoms with Crippen molar-refractivity contribution >= 4 is 17.1 Å². The highest BCUT2D eigenvalue weighted by atomic mass is 19.4. The van der Waals surface area contributed by atoms with Crippen LogP contribution in [0.1, 0.15) is 19.4 Å². The van der Waals surface area contributed by atoms with Crippen LogP contribution >= 0.6 is 0 Å². The average molecular weight is 378 g/mol. The van der Waals surface area contributed by atoms with Gasteiger partial charge in [-0.3, -0.25) is 20.2 Å². The van der Waals surface area contributed by atoms with Crippen LogP contribution in [0.15, 0.2) is 17.2 Å². The van der Waals surface area contributed by atoms with Crippen molar-refractivity contribution in [2.75, 3.05) is 12.0 Å². The number of nitrogens with zero attached hydrogens (tertiary/aromatic N) is 6. The first-order chi connectivity index (χ1) is 11.9. The molecule has 0 aliphatic carbocycles. The Morgan fingerprint density at radius 3 is 2.00 bits per heavy atom. The van der Waals surface area contributed by atoms with Gasteiger partial charge in [-0.15, -0.1) is 0 Å². The summed E-state index contributed by atoms with van der Waals surface area (Å²) in [5.74, 6) is 0. The molecule has 26 heavy (non-hydrogen) atoms. The zero-order chi connectivity index (χ0) is 20.2. The van der Waals surface area contributed by atoms with Crippen LogP contribution in [0.5, 0.6) is 0 Å². The second-order valence-electron chi connectivity index (χ2n) is 4.95. The summed E-state index contributed by atoms with van der Waals surface area (Å²) in [5.41, 5.74) is 3.91. The number of halogens is 3. The molecule has 1 rings (SSSR count). The third kappa shape index (κ3) is 4.29.